The van der Waals surface area contributed by atoms with Gasteiger partial charge >= 0.3 is 0 Å². The zero-order chi connectivity index (χ0) is 17.0. The Morgan fingerprint density at radius 1 is 1.13 bits per heavy atom. The number of nitrogens with zero attached hydrogens (tertiary/aromatic N) is 2. The molecular weight excluding hydrogens is 296 g/mol. The third-order valence-electron chi connectivity index (χ3n) is 4.50. The average Bonchev–Trinajstić information content (AvgIpc) is 3.38. The maximum Gasteiger partial charge on any atom is 0.242 e. The smallest absolute Gasteiger partial charge is 0.242 e. The Morgan fingerprint density at radius 2 is 1.78 bits per heavy atom. The Hall–Kier alpha value is -1.63. The van der Waals surface area contributed by atoms with E-state index in [1.165, 1.54) is 4.90 Å². The van der Waals surface area contributed by atoms with Crippen LogP contribution in [0.4, 0.5) is 0 Å². The summed E-state index contributed by atoms with van der Waals surface area (Å²) in [6.45, 7) is 4.07. The molecule has 1 atom stereocenters. The van der Waals surface area contributed by atoms with Crippen molar-refractivity contribution in [3.05, 3.63) is 0 Å². The minimum Gasteiger partial charge on any atom is -0.368 e. The predicted octanol–water partition coefficient (Wildman–Crippen LogP) is -0.158. The molecule has 2 aliphatic carbocycles. The summed E-state index contributed by atoms with van der Waals surface area (Å²) in [6.07, 6.45) is 4.87. The van der Waals surface area contributed by atoms with Crippen LogP contribution in [0.5, 0.6) is 0 Å². The van der Waals surface area contributed by atoms with Crippen LogP contribution in [0.15, 0.2) is 0 Å². The van der Waals surface area contributed by atoms with Crippen molar-refractivity contribution in [3.63, 3.8) is 0 Å². The molecule has 7 heteroatoms. The zero-order valence-corrected chi connectivity index (χ0v) is 14.1. The quantitative estimate of drug-likeness (QED) is 0.584. The van der Waals surface area contributed by atoms with Gasteiger partial charge in [-0.15, -0.1) is 0 Å². The van der Waals surface area contributed by atoms with Gasteiger partial charge in [0.25, 0.3) is 0 Å². The Balaban J connectivity index is 1.94. The second-order valence-corrected chi connectivity index (χ2v) is 6.65. The van der Waals surface area contributed by atoms with Gasteiger partial charge in [-0.1, -0.05) is 6.92 Å². The van der Waals surface area contributed by atoms with Crippen LogP contribution in [0.1, 0.15) is 46.0 Å². The molecule has 0 aromatic heterocycles. The van der Waals surface area contributed by atoms with Gasteiger partial charge in [0.05, 0.1) is 13.1 Å². The van der Waals surface area contributed by atoms with E-state index in [1.807, 2.05) is 13.8 Å². The zero-order valence-electron chi connectivity index (χ0n) is 14.1. The fourth-order valence-electron chi connectivity index (χ4n) is 2.54. The molecule has 7 nitrogen and oxygen atoms in total. The normalized spacial score (nSPS) is 18.3. The van der Waals surface area contributed by atoms with E-state index < -0.39 is 5.91 Å². The summed E-state index contributed by atoms with van der Waals surface area (Å²) in [6, 6.07) is 0.553. The van der Waals surface area contributed by atoms with Crippen molar-refractivity contribution in [2.45, 2.75) is 64.1 Å². The molecule has 3 amide bonds. The van der Waals surface area contributed by atoms with Gasteiger partial charge in [0, 0.05) is 18.1 Å². The molecule has 0 spiro atoms. The number of amides is 3. The van der Waals surface area contributed by atoms with Crippen molar-refractivity contribution < 1.29 is 14.4 Å². The van der Waals surface area contributed by atoms with Gasteiger partial charge in [0.15, 0.2) is 0 Å². The molecule has 0 aliphatic heterocycles. The van der Waals surface area contributed by atoms with E-state index in [4.69, 9.17) is 5.73 Å². The highest BCUT2D eigenvalue weighted by Gasteiger charge is 2.35. The molecule has 130 valence electrons. The minimum atomic E-state index is -0.529. The summed E-state index contributed by atoms with van der Waals surface area (Å²) in [7, 11) is 0. The number of primary amides is 1. The van der Waals surface area contributed by atoms with E-state index >= 15 is 0 Å². The molecule has 0 bridgehead atoms. The van der Waals surface area contributed by atoms with Gasteiger partial charge in [-0.05, 0) is 39.0 Å². The van der Waals surface area contributed by atoms with Crippen molar-refractivity contribution in [1.82, 2.24) is 15.1 Å². The van der Waals surface area contributed by atoms with Crippen molar-refractivity contribution in [1.29, 1.82) is 0 Å². The largest absolute Gasteiger partial charge is 0.368 e. The van der Waals surface area contributed by atoms with E-state index in [9.17, 15) is 14.4 Å². The van der Waals surface area contributed by atoms with Gasteiger partial charge in [-0.2, -0.15) is 0 Å². The number of hydrogen-bond acceptors (Lipinski definition) is 4. The summed E-state index contributed by atoms with van der Waals surface area (Å²) < 4.78 is 0. The molecule has 2 aliphatic rings. The fourth-order valence-corrected chi connectivity index (χ4v) is 2.54. The molecule has 0 aromatic carbocycles. The molecule has 0 heterocycles. The molecular formula is C16H28N4O3. The first kappa shape index (κ1) is 17.7. The Morgan fingerprint density at radius 3 is 2.26 bits per heavy atom. The van der Waals surface area contributed by atoms with E-state index in [1.54, 1.807) is 4.90 Å². The molecule has 0 saturated heterocycles. The second-order valence-electron chi connectivity index (χ2n) is 6.65. The Kier molecular flexibility index (Phi) is 5.98. The number of nitrogens with two attached hydrogens (primary N) is 1. The first-order chi connectivity index (χ1) is 10.9. The molecule has 3 N–H and O–H groups in total. The molecule has 0 radical (unpaired) electrons. The lowest BCUT2D eigenvalue weighted by molar-refractivity contribution is -0.143. The van der Waals surface area contributed by atoms with Crippen molar-refractivity contribution in [2.75, 3.05) is 19.6 Å². The standard InChI is InChI=1S/C16H28N4O3/c1-3-11(2)19(9-14(17)21)16(23)10-20(13-6-7-13)15(22)8-18-12-4-5-12/h11-13,18H,3-10H2,1-2H3,(H2,17,21)/t11-/m0/s1. The highest BCUT2D eigenvalue weighted by molar-refractivity contribution is 5.89. The first-order valence-electron chi connectivity index (χ1n) is 8.53. The summed E-state index contributed by atoms with van der Waals surface area (Å²) in [4.78, 5) is 39.3. The third kappa shape index (κ3) is 5.49. The van der Waals surface area contributed by atoms with Gasteiger partial charge in [-0.25, -0.2) is 0 Å². The number of carbonyl (C=O) groups excluding carboxylic acids is 3. The third-order valence-corrected chi connectivity index (χ3v) is 4.50. The summed E-state index contributed by atoms with van der Waals surface area (Å²) >= 11 is 0. The van der Waals surface area contributed by atoms with Gasteiger partial charge in [-0.3, -0.25) is 14.4 Å². The number of rotatable bonds is 10. The van der Waals surface area contributed by atoms with Crippen LogP contribution in [0.25, 0.3) is 0 Å². The molecule has 2 fully saturated rings. The van der Waals surface area contributed by atoms with E-state index in [2.05, 4.69) is 5.32 Å². The van der Waals surface area contributed by atoms with Crippen molar-refractivity contribution in [2.24, 2.45) is 5.73 Å². The van der Waals surface area contributed by atoms with E-state index in [0.717, 1.165) is 32.1 Å². The van der Waals surface area contributed by atoms with Crippen molar-refractivity contribution >= 4 is 17.7 Å². The fraction of sp³-hybridized carbons (Fsp3) is 0.812. The lowest BCUT2D eigenvalue weighted by atomic mass is 10.2. The molecule has 0 unspecified atom stereocenters. The second kappa shape index (κ2) is 7.77. The Bertz CT molecular complexity index is 460. The minimum absolute atomic E-state index is 0.0315. The van der Waals surface area contributed by atoms with E-state index in [-0.39, 0.29) is 43.5 Å². The van der Waals surface area contributed by atoms with Crippen LogP contribution in [-0.4, -0.2) is 65.3 Å². The summed E-state index contributed by atoms with van der Waals surface area (Å²) in [5.74, 6) is -0.765. The van der Waals surface area contributed by atoms with Crippen LogP contribution in [0, 0.1) is 0 Å². The molecule has 23 heavy (non-hydrogen) atoms. The lowest BCUT2D eigenvalue weighted by Crippen LogP contribution is -2.50. The number of carbonyl (C=O) groups is 3. The first-order valence-corrected chi connectivity index (χ1v) is 8.53. The highest BCUT2D eigenvalue weighted by atomic mass is 16.2. The maximum atomic E-state index is 12.6. The van der Waals surface area contributed by atoms with Crippen LogP contribution in [-0.2, 0) is 14.4 Å². The molecule has 2 saturated carbocycles. The van der Waals surface area contributed by atoms with Gasteiger partial charge < -0.3 is 20.9 Å². The van der Waals surface area contributed by atoms with Crippen molar-refractivity contribution in [3.8, 4) is 0 Å². The van der Waals surface area contributed by atoms with Crippen LogP contribution in [0.3, 0.4) is 0 Å². The van der Waals surface area contributed by atoms with Gasteiger partial charge in [0.1, 0.15) is 6.54 Å². The molecule has 0 aromatic rings. The number of nitrogens with one attached hydrogen (secondary N) is 1. The lowest BCUT2D eigenvalue weighted by Gasteiger charge is -2.30. The monoisotopic (exact) mass is 324 g/mol. The molecule has 2 rings (SSSR count). The summed E-state index contributed by atoms with van der Waals surface area (Å²) in [5.41, 5.74) is 5.25. The SMILES string of the molecule is CC[C@H](C)N(CC(N)=O)C(=O)CN(C(=O)CNC1CC1)C1CC1. The average molecular weight is 324 g/mol. The van der Waals surface area contributed by atoms with Crippen LogP contribution in [0.2, 0.25) is 0 Å². The van der Waals surface area contributed by atoms with Crippen LogP contribution >= 0.6 is 0 Å². The van der Waals surface area contributed by atoms with Crippen LogP contribution < -0.4 is 11.1 Å². The maximum absolute atomic E-state index is 12.6. The van der Waals surface area contributed by atoms with E-state index in [0.29, 0.717) is 6.04 Å². The topological polar surface area (TPSA) is 95.7 Å². The number of hydrogen-bond donors (Lipinski definition) is 2. The predicted molar refractivity (Wildman–Crippen MR) is 86.4 cm³/mol. The summed E-state index contributed by atoms with van der Waals surface area (Å²) in [5, 5.41) is 3.20. The van der Waals surface area contributed by atoms with Gasteiger partial charge in [0.2, 0.25) is 17.7 Å². The Labute approximate surface area is 137 Å². The highest BCUT2D eigenvalue weighted by Crippen LogP contribution is 2.27.